The standard InChI is InChI=1S/C10H8ClN3/c1-7-2-3-8(12-5-7)9-4-10(11)14-6-13-9/h2-6H,1H3. The number of nitrogens with zero attached hydrogens (tertiary/aromatic N) is 3. The van der Waals surface area contributed by atoms with Gasteiger partial charge in [-0.15, -0.1) is 0 Å². The molecule has 0 aliphatic rings. The van der Waals surface area contributed by atoms with Crippen molar-refractivity contribution in [3.63, 3.8) is 0 Å². The zero-order valence-corrected chi connectivity index (χ0v) is 8.36. The van der Waals surface area contributed by atoms with Crippen molar-refractivity contribution in [1.82, 2.24) is 15.0 Å². The van der Waals surface area contributed by atoms with Gasteiger partial charge in [-0.3, -0.25) is 4.98 Å². The topological polar surface area (TPSA) is 38.7 Å². The zero-order chi connectivity index (χ0) is 9.97. The zero-order valence-electron chi connectivity index (χ0n) is 7.61. The number of hydrogen-bond donors (Lipinski definition) is 0. The summed E-state index contributed by atoms with van der Waals surface area (Å²) in [6.45, 7) is 1.99. The van der Waals surface area contributed by atoms with Gasteiger partial charge >= 0.3 is 0 Å². The van der Waals surface area contributed by atoms with E-state index in [9.17, 15) is 0 Å². The van der Waals surface area contributed by atoms with Gasteiger partial charge in [-0.1, -0.05) is 17.7 Å². The summed E-state index contributed by atoms with van der Waals surface area (Å²) in [6.07, 6.45) is 3.23. The first-order chi connectivity index (χ1) is 6.75. The fraction of sp³-hybridized carbons (Fsp3) is 0.100. The summed E-state index contributed by atoms with van der Waals surface area (Å²) >= 11 is 5.75. The summed E-state index contributed by atoms with van der Waals surface area (Å²) < 4.78 is 0. The van der Waals surface area contributed by atoms with Gasteiger partial charge < -0.3 is 0 Å². The van der Waals surface area contributed by atoms with Crippen molar-refractivity contribution in [1.29, 1.82) is 0 Å². The van der Waals surface area contributed by atoms with Gasteiger partial charge in [-0.2, -0.15) is 0 Å². The number of rotatable bonds is 1. The van der Waals surface area contributed by atoms with Crippen molar-refractivity contribution < 1.29 is 0 Å². The minimum absolute atomic E-state index is 0.428. The third kappa shape index (κ3) is 1.88. The summed E-state index contributed by atoms with van der Waals surface area (Å²) in [5.41, 5.74) is 2.67. The van der Waals surface area contributed by atoms with Crippen LogP contribution in [0.3, 0.4) is 0 Å². The molecule has 3 nitrogen and oxygen atoms in total. The highest BCUT2D eigenvalue weighted by Gasteiger charge is 2.00. The van der Waals surface area contributed by atoms with Crippen LogP contribution in [0, 0.1) is 6.92 Å². The molecular weight excluding hydrogens is 198 g/mol. The Morgan fingerprint density at radius 2 is 1.93 bits per heavy atom. The van der Waals surface area contributed by atoms with Gasteiger partial charge in [0.1, 0.15) is 11.5 Å². The average molecular weight is 206 g/mol. The first kappa shape index (κ1) is 9.09. The molecule has 14 heavy (non-hydrogen) atoms. The first-order valence-corrected chi connectivity index (χ1v) is 4.54. The minimum atomic E-state index is 0.428. The van der Waals surface area contributed by atoms with Crippen LogP contribution in [0.5, 0.6) is 0 Å². The third-order valence-corrected chi connectivity index (χ3v) is 2.01. The smallest absolute Gasteiger partial charge is 0.133 e. The van der Waals surface area contributed by atoms with E-state index in [2.05, 4.69) is 15.0 Å². The van der Waals surface area contributed by atoms with Gasteiger partial charge in [0.25, 0.3) is 0 Å². The Morgan fingerprint density at radius 1 is 1.07 bits per heavy atom. The van der Waals surface area contributed by atoms with Crippen LogP contribution >= 0.6 is 11.6 Å². The van der Waals surface area contributed by atoms with Crippen LogP contribution in [0.4, 0.5) is 0 Å². The van der Waals surface area contributed by atoms with Crippen molar-refractivity contribution in [2.75, 3.05) is 0 Å². The van der Waals surface area contributed by atoms with Crippen LogP contribution in [0.1, 0.15) is 5.56 Å². The summed E-state index contributed by atoms with van der Waals surface area (Å²) in [6, 6.07) is 5.59. The van der Waals surface area contributed by atoms with E-state index in [0.29, 0.717) is 5.15 Å². The fourth-order valence-corrected chi connectivity index (χ4v) is 1.24. The second kappa shape index (κ2) is 3.72. The van der Waals surface area contributed by atoms with Crippen LogP contribution in [0.2, 0.25) is 5.15 Å². The molecule has 2 heterocycles. The molecule has 0 bridgehead atoms. The molecule has 0 N–H and O–H groups in total. The SMILES string of the molecule is Cc1ccc(-c2cc(Cl)ncn2)nc1. The van der Waals surface area contributed by atoms with Gasteiger partial charge in [0, 0.05) is 12.3 Å². The van der Waals surface area contributed by atoms with E-state index in [0.717, 1.165) is 17.0 Å². The van der Waals surface area contributed by atoms with Crippen molar-refractivity contribution in [2.24, 2.45) is 0 Å². The van der Waals surface area contributed by atoms with Crippen LogP contribution in [0.25, 0.3) is 11.4 Å². The highest BCUT2D eigenvalue weighted by Crippen LogP contribution is 2.16. The van der Waals surface area contributed by atoms with Crippen molar-refractivity contribution in [3.8, 4) is 11.4 Å². The van der Waals surface area contributed by atoms with E-state index in [1.165, 1.54) is 6.33 Å². The van der Waals surface area contributed by atoms with E-state index in [4.69, 9.17) is 11.6 Å². The van der Waals surface area contributed by atoms with Gasteiger partial charge in [-0.25, -0.2) is 9.97 Å². The van der Waals surface area contributed by atoms with E-state index in [1.807, 2.05) is 19.1 Å². The molecule has 0 amide bonds. The Kier molecular flexibility index (Phi) is 2.41. The molecule has 0 saturated heterocycles. The molecule has 0 unspecified atom stereocenters. The molecule has 0 aromatic carbocycles. The molecule has 0 spiro atoms. The maximum atomic E-state index is 5.75. The van der Waals surface area contributed by atoms with E-state index in [-0.39, 0.29) is 0 Å². The van der Waals surface area contributed by atoms with E-state index in [1.54, 1.807) is 12.3 Å². The molecular formula is C10H8ClN3. The fourth-order valence-electron chi connectivity index (χ4n) is 1.09. The predicted octanol–water partition coefficient (Wildman–Crippen LogP) is 2.50. The van der Waals surface area contributed by atoms with Gasteiger partial charge in [-0.05, 0) is 18.6 Å². The average Bonchev–Trinajstić information content (AvgIpc) is 2.19. The number of aromatic nitrogens is 3. The minimum Gasteiger partial charge on any atom is -0.254 e. The number of hydrogen-bond acceptors (Lipinski definition) is 3. The molecule has 0 saturated carbocycles. The second-order valence-electron chi connectivity index (χ2n) is 2.95. The molecule has 0 aliphatic heterocycles. The number of aryl methyl sites for hydroxylation is 1. The molecule has 0 fully saturated rings. The van der Waals surface area contributed by atoms with Crippen LogP contribution in [0.15, 0.2) is 30.7 Å². The lowest BCUT2D eigenvalue weighted by molar-refractivity contribution is 1.15. The van der Waals surface area contributed by atoms with Gasteiger partial charge in [0.15, 0.2) is 0 Å². The highest BCUT2D eigenvalue weighted by atomic mass is 35.5. The third-order valence-electron chi connectivity index (χ3n) is 1.81. The summed E-state index contributed by atoms with van der Waals surface area (Å²) in [5, 5.41) is 0.428. The monoisotopic (exact) mass is 205 g/mol. The first-order valence-electron chi connectivity index (χ1n) is 4.16. The Labute approximate surface area is 86.8 Å². The molecule has 0 atom stereocenters. The Bertz CT molecular complexity index is 439. The predicted molar refractivity (Wildman–Crippen MR) is 55.0 cm³/mol. The van der Waals surface area contributed by atoms with Crippen LogP contribution < -0.4 is 0 Å². The van der Waals surface area contributed by atoms with Crippen molar-refractivity contribution >= 4 is 11.6 Å². The van der Waals surface area contributed by atoms with Gasteiger partial charge in [0.2, 0.25) is 0 Å². The van der Waals surface area contributed by atoms with E-state index < -0.39 is 0 Å². The summed E-state index contributed by atoms with van der Waals surface area (Å²) in [7, 11) is 0. The molecule has 2 rings (SSSR count). The highest BCUT2D eigenvalue weighted by molar-refractivity contribution is 6.29. The Morgan fingerprint density at radius 3 is 2.57 bits per heavy atom. The lowest BCUT2D eigenvalue weighted by atomic mass is 10.2. The Balaban J connectivity index is 2.44. The second-order valence-corrected chi connectivity index (χ2v) is 3.33. The van der Waals surface area contributed by atoms with Gasteiger partial charge in [0.05, 0.1) is 11.4 Å². The molecule has 70 valence electrons. The lowest BCUT2D eigenvalue weighted by Crippen LogP contribution is -1.88. The largest absolute Gasteiger partial charge is 0.254 e. The molecule has 0 aliphatic carbocycles. The number of pyridine rings is 1. The van der Waals surface area contributed by atoms with Crippen LogP contribution in [-0.2, 0) is 0 Å². The number of halogens is 1. The van der Waals surface area contributed by atoms with Crippen molar-refractivity contribution in [2.45, 2.75) is 6.92 Å². The molecule has 2 aromatic heterocycles. The summed E-state index contributed by atoms with van der Waals surface area (Å²) in [5.74, 6) is 0. The molecule has 2 aromatic rings. The maximum Gasteiger partial charge on any atom is 0.133 e. The van der Waals surface area contributed by atoms with Crippen LogP contribution in [-0.4, -0.2) is 15.0 Å². The normalized spacial score (nSPS) is 10.1. The Hall–Kier alpha value is -1.48. The quantitative estimate of drug-likeness (QED) is 0.672. The molecule has 0 radical (unpaired) electrons. The lowest BCUT2D eigenvalue weighted by Gasteiger charge is -1.99. The van der Waals surface area contributed by atoms with Crippen molar-refractivity contribution in [3.05, 3.63) is 41.4 Å². The maximum absolute atomic E-state index is 5.75. The van der Waals surface area contributed by atoms with E-state index >= 15 is 0 Å². The molecule has 4 heteroatoms. The summed E-state index contributed by atoms with van der Waals surface area (Å²) in [4.78, 5) is 12.1.